The van der Waals surface area contributed by atoms with Crippen molar-refractivity contribution in [3.05, 3.63) is 52.3 Å². The lowest BCUT2D eigenvalue weighted by atomic mass is 10.2. The third-order valence-electron chi connectivity index (χ3n) is 2.76. The molecule has 2 aromatic rings. The van der Waals surface area contributed by atoms with Crippen molar-refractivity contribution >= 4 is 37.6 Å². The SMILES string of the molecule is Cc1ccncc1NS(=O)(=O)c1ccc(Br)c(C(=O)O)c1. The van der Waals surface area contributed by atoms with Gasteiger partial charge in [0.05, 0.1) is 22.3 Å². The second kappa shape index (κ2) is 5.82. The average Bonchev–Trinajstić information content (AvgIpc) is 2.41. The number of rotatable bonds is 4. The van der Waals surface area contributed by atoms with Gasteiger partial charge in [-0.1, -0.05) is 0 Å². The van der Waals surface area contributed by atoms with Crippen LogP contribution in [0.3, 0.4) is 0 Å². The Morgan fingerprint density at radius 1 is 1.33 bits per heavy atom. The number of halogens is 1. The van der Waals surface area contributed by atoms with E-state index in [0.29, 0.717) is 15.7 Å². The number of sulfonamides is 1. The summed E-state index contributed by atoms with van der Waals surface area (Å²) in [5, 5.41) is 9.03. The van der Waals surface area contributed by atoms with Crippen LogP contribution in [0.1, 0.15) is 15.9 Å². The maximum Gasteiger partial charge on any atom is 0.336 e. The number of benzene rings is 1. The predicted octanol–water partition coefficient (Wildman–Crippen LogP) is 2.65. The molecule has 2 N–H and O–H groups in total. The molecule has 6 nitrogen and oxygen atoms in total. The molecule has 0 amide bonds. The summed E-state index contributed by atoms with van der Waals surface area (Å²) < 4.78 is 27.3. The van der Waals surface area contributed by atoms with Crippen LogP contribution >= 0.6 is 15.9 Å². The van der Waals surface area contributed by atoms with E-state index in [4.69, 9.17) is 5.11 Å². The molecular weight excluding hydrogens is 360 g/mol. The topological polar surface area (TPSA) is 96.4 Å². The zero-order valence-corrected chi connectivity index (χ0v) is 13.3. The van der Waals surface area contributed by atoms with Gasteiger partial charge in [0.25, 0.3) is 10.0 Å². The van der Waals surface area contributed by atoms with E-state index in [2.05, 4.69) is 25.6 Å². The number of carboxylic acids is 1. The van der Waals surface area contributed by atoms with Gasteiger partial charge in [-0.15, -0.1) is 0 Å². The number of aromatic nitrogens is 1. The van der Waals surface area contributed by atoms with E-state index >= 15 is 0 Å². The van der Waals surface area contributed by atoms with E-state index in [0.717, 1.165) is 6.07 Å². The highest BCUT2D eigenvalue weighted by atomic mass is 79.9. The Morgan fingerprint density at radius 2 is 2.05 bits per heavy atom. The summed E-state index contributed by atoms with van der Waals surface area (Å²) in [7, 11) is -3.88. The van der Waals surface area contributed by atoms with Gasteiger partial charge in [0.15, 0.2) is 0 Å². The van der Waals surface area contributed by atoms with Gasteiger partial charge in [0, 0.05) is 10.7 Å². The van der Waals surface area contributed by atoms with Crippen molar-refractivity contribution in [3.8, 4) is 0 Å². The summed E-state index contributed by atoms with van der Waals surface area (Å²) in [6, 6.07) is 5.47. The summed E-state index contributed by atoms with van der Waals surface area (Å²) >= 11 is 3.07. The monoisotopic (exact) mass is 370 g/mol. The lowest BCUT2D eigenvalue weighted by molar-refractivity contribution is 0.0695. The van der Waals surface area contributed by atoms with Gasteiger partial charge in [0.1, 0.15) is 0 Å². The van der Waals surface area contributed by atoms with Crippen LogP contribution in [0, 0.1) is 6.92 Å². The molecular formula is C13H11BrN2O4S. The molecule has 0 saturated heterocycles. The summed E-state index contributed by atoms with van der Waals surface area (Å²) in [5.41, 5.74) is 0.933. The molecule has 0 aliphatic heterocycles. The molecule has 0 aliphatic rings. The van der Waals surface area contributed by atoms with Crippen LogP contribution in [0.25, 0.3) is 0 Å². The molecule has 1 heterocycles. The Balaban J connectivity index is 2.43. The molecule has 0 fully saturated rings. The molecule has 0 radical (unpaired) electrons. The largest absolute Gasteiger partial charge is 0.478 e. The number of aryl methyl sites for hydroxylation is 1. The van der Waals surface area contributed by atoms with Gasteiger partial charge in [-0.05, 0) is 52.7 Å². The zero-order chi connectivity index (χ0) is 15.6. The molecule has 0 aliphatic carbocycles. The molecule has 2 rings (SSSR count). The number of pyridine rings is 1. The summed E-state index contributed by atoms with van der Waals surface area (Å²) in [6.45, 7) is 1.74. The maximum atomic E-state index is 12.3. The van der Waals surface area contributed by atoms with Crippen molar-refractivity contribution in [2.75, 3.05) is 4.72 Å². The highest BCUT2D eigenvalue weighted by Gasteiger charge is 2.19. The van der Waals surface area contributed by atoms with Gasteiger partial charge < -0.3 is 5.11 Å². The molecule has 0 bridgehead atoms. The Hall–Kier alpha value is -1.93. The normalized spacial score (nSPS) is 11.1. The second-order valence-electron chi connectivity index (χ2n) is 4.24. The van der Waals surface area contributed by atoms with Crippen LogP contribution in [0.2, 0.25) is 0 Å². The Kier molecular flexibility index (Phi) is 4.29. The summed E-state index contributed by atoms with van der Waals surface area (Å²) in [6.07, 6.45) is 2.94. The number of hydrogen-bond donors (Lipinski definition) is 2. The van der Waals surface area contributed by atoms with E-state index in [9.17, 15) is 13.2 Å². The van der Waals surface area contributed by atoms with Crippen LogP contribution < -0.4 is 4.72 Å². The van der Waals surface area contributed by atoms with Gasteiger partial charge in [-0.2, -0.15) is 0 Å². The van der Waals surface area contributed by atoms with Crippen molar-refractivity contribution < 1.29 is 18.3 Å². The molecule has 1 aromatic carbocycles. The first kappa shape index (κ1) is 15.5. The van der Waals surface area contributed by atoms with E-state index in [-0.39, 0.29) is 10.5 Å². The van der Waals surface area contributed by atoms with Crippen molar-refractivity contribution in [3.63, 3.8) is 0 Å². The number of nitrogens with zero attached hydrogens (tertiary/aromatic N) is 1. The fraction of sp³-hybridized carbons (Fsp3) is 0.0769. The quantitative estimate of drug-likeness (QED) is 0.862. The lowest BCUT2D eigenvalue weighted by Gasteiger charge is -2.10. The number of carbonyl (C=O) groups is 1. The number of carboxylic acid groups (broad SMARTS) is 1. The van der Waals surface area contributed by atoms with Gasteiger partial charge in [0.2, 0.25) is 0 Å². The first-order valence-corrected chi connectivity index (χ1v) is 8.05. The molecule has 0 unspecified atom stereocenters. The molecule has 0 spiro atoms. The van der Waals surface area contributed by atoms with Crippen molar-refractivity contribution in [2.24, 2.45) is 0 Å². The van der Waals surface area contributed by atoms with Crippen LogP contribution in [0.5, 0.6) is 0 Å². The number of nitrogens with one attached hydrogen (secondary N) is 1. The summed E-state index contributed by atoms with van der Waals surface area (Å²) in [4.78, 5) is 14.8. The van der Waals surface area contributed by atoms with Crippen LogP contribution in [0.4, 0.5) is 5.69 Å². The standard InChI is InChI=1S/C13H11BrN2O4S/c1-8-4-5-15-7-12(8)16-21(19,20)9-2-3-11(14)10(6-9)13(17)18/h2-7,16H,1H3,(H,17,18). The number of hydrogen-bond acceptors (Lipinski definition) is 4. The Bertz CT molecular complexity index is 806. The molecule has 0 atom stereocenters. The number of aromatic carboxylic acids is 1. The third-order valence-corrected chi connectivity index (χ3v) is 4.82. The van der Waals surface area contributed by atoms with Gasteiger partial charge >= 0.3 is 5.97 Å². The highest BCUT2D eigenvalue weighted by Crippen LogP contribution is 2.23. The molecule has 1 aromatic heterocycles. The maximum absolute atomic E-state index is 12.3. The van der Waals surface area contributed by atoms with Crippen LogP contribution in [-0.2, 0) is 10.0 Å². The zero-order valence-electron chi connectivity index (χ0n) is 10.9. The minimum absolute atomic E-state index is 0.124. The van der Waals surface area contributed by atoms with Gasteiger partial charge in [-0.3, -0.25) is 9.71 Å². The van der Waals surface area contributed by atoms with Crippen LogP contribution in [0.15, 0.2) is 46.0 Å². The number of anilines is 1. The molecule has 8 heteroatoms. The minimum atomic E-state index is -3.88. The Morgan fingerprint density at radius 3 is 2.67 bits per heavy atom. The van der Waals surface area contributed by atoms with Crippen molar-refractivity contribution in [1.82, 2.24) is 4.98 Å². The predicted molar refractivity (Wildman–Crippen MR) is 80.9 cm³/mol. The minimum Gasteiger partial charge on any atom is -0.478 e. The Labute approximate surface area is 130 Å². The van der Waals surface area contributed by atoms with Gasteiger partial charge in [-0.25, -0.2) is 13.2 Å². The molecule has 0 saturated carbocycles. The van der Waals surface area contributed by atoms with E-state index in [1.807, 2.05) is 0 Å². The summed E-state index contributed by atoms with van der Waals surface area (Å²) in [5.74, 6) is -1.21. The average molecular weight is 371 g/mol. The molecule has 110 valence electrons. The fourth-order valence-electron chi connectivity index (χ4n) is 1.61. The van der Waals surface area contributed by atoms with E-state index in [1.54, 1.807) is 19.2 Å². The third kappa shape index (κ3) is 3.40. The smallest absolute Gasteiger partial charge is 0.336 e. The second-order valence-corrected chi connectivity index (χ2v) is 6.78. The first-order chi connectivity index (χ1) is 9.81. The lowest BCUT2D eigenvalue weighted by Crippen LogP contribution is -2.14. The van der Waals surface area contributed by atoms with E-state index in [1.165, 1.54) is 18.3 Å². The van der Waals surface area contributed by atoms with Crippen molar-refractivity contribution in [1.29, 1.82) is 0 Å². The molecule has 21 heavy (non-hydrogen) atoms. The first-order valence-electron chi connectivity index (χ1n) is 5.77. The fourth-order valence-corrected chi connectivity index (χ4v) is 3.17. The van der Waals surface area contributed by atoms with Crippen LogP contribution in [-0.4, -0.2) is 24.5 Å². The highest BCUT2D eigenvalue weighted by molar-refractivity contribution is 9.10. The van der Waals surface area contributed by atoms with E-state index < -0.39 is 16.0 Å². The van der Waals surface area contributed by atoms with Crippen molar-refractivity contribution in [2.45, 2.75) is 11.8 Å².